The van der Waals surface area contributed by atoms with Crippen molar-refractivity contribution in [2.75, 3.05) is 6.54 Å². The summed E-state index contributed by atoms with van der Waals surface area (Å²) in [4.78, 5) is 19.2. The molecule has 22 heavy (non-hydrogen) atoms. The molecule has 3 aromatic rings. The fourth-order valence-corrected chi connectivity index (χ4v) is 2.39. The molecule has 3 rings (SSSR count). The standard InChI is InChI=1S/C17H17N3O2/c21-14-5-1-3-12(9-14)4-2-8-18-17(22)13-6-7-15-16(10-13)20-11-19-15/h1,3,5-7,9-11,21H,2,4,8H2,(H,18,22)(H,19,20). The predicted molar refractivity (Wildman–Crippen MR) is 84.9 cm³/mol. The van der Waals surface area contributed by atoms with E-state index in [0.29, 0.717) is 12.1 Å². The number of imidazole rings is 1. The average molecular weight is 295 g/mol. The van der Waals surface area contributed by atoms with Crippen LogP contribution in [0.5, 0.6) is 5.75 Å². The number of aryl methyl sites for hydroxylation is 1. The van der Waals surface area contributed by atoms with Crippen molar-refractivity contribution in [3.63, 3.8) is 0 Å². The number of carbonyl (C=O) groups excluding carboxylic acids is 1. The summed E-state index contributed by atoms with van der Waals surface area (Å²) in [6.45, 7) is 0.593. The highest BCUT2D eigenvalue weighted by Gasteiger charge is 2.06. The number of nitrogens with one attached hydrogen (secondary N) is 2. The Labute approximate surface area is 128 Å². The minimum atomic E-state index is -0.0904. The van der Waals surface area contributed by atoms with Crippen LogP contribution in [-0.2, 0) is 6.42 Å². The molecule has 0 atom stereocenters. The molecular weight excluding hydrogens is 278 g/mol. The lowest BCUT2D eigenvalue weighted by Crippen LogP contribution is -2.24. The number of phenolic OH excluding ortho intramolecular Hbond substituents is 1. The van der Waals surface area contributed by atoms with E-state index < -0.39 is 0 Å². The first-order valence-electron chi connectivity index (χ1n) is 7.21. The van der Waals surface area contributed by atoms with Crippen molar-refractivity contribution in [1.29, 1.82) is 0 Å². The van der Waals surface area contributed by atoms with E-state index in [0.717, 1.165) is 29.4 Å². The molecular formula is C17H17N3O2. The van der Waals surface area contributed by atoms with Crippen LogP contribution in [-0.4, -0.2) is 27.5 Å². The molecule has 0 bridgehead atoms. The molecule has 1 amide bonds. The van der Waals surface area contributed by atoms with E-state index in [4.69, 9.17) is 0 Å². The molecule has 0 aliphatic rings. The van der Waals surface area contributed by atoms with Gasteiger partial charge in [-0.2, -0.15) is 0 Å². The summed E-state index contributed by atoms with van der Waals surface area (Å²) < 4.78 is 0. The molecule has 1 heterocycles. The Kier molecular flexibility index (Phi) is 4.05. The van der Waals surface area contributed by atoms with E-state index in [-0.39, 0.29) is 11.7 Å². The van der Waals surface area contributed by atoms with Gasteiger partial charge in [-0.1, -0.05) is 12.1 Å². The van der Waals surface area contributed by atoms with E-state index in [2.05, 4.69) is 15.3 Å². The molecule has 3 N–H and O–H groups in total. The molecule has 5 nitrogen and oxygen atoms in total. The van der Waals surface area contributed by atoms with Gasteiger partial charge in [0.15, 0.2) is 0 Å². The maximum absolute atomic E-state index is 12.1. The van der Waals surface area contributed by atoms with Crippen LogP contribution in [0.2, 0.25) is 0 Å². The van der Waals surface area contributed by atoms with E-state index in [1.165, 1.54) is 0 Å². The van der Waals surface area contributed by atoms with Crippen LogP contribution < -0.4 is 5.32 Å². The lowest BCUT2D eigenvalue weighted by atomic mass is 10.1. The predicted octanol–water partition coefficient (Wildman–Crippen LogP) is 2.63. The second-order valence-electron chi connectivity index (χ2n) is 5.16. The number of fused-ring (bicyclic) bond motifs is 1. The summed E-state index contributed by atoms with van der Waals surface area (Å²) in [6, 6.07) is 12.6. The summed E-state index contributed by atoms with van der Waals surface area (Å²) in [6.07, 6.45) is 3.25. The Bertz CT molecular complexity index is 795. The van der Waals surface area contributed by atoms with Crippen LogP contribution in [0.1, 0.15) is 22.3 Å². The number of H-pyrrole nitrogens is 1. The zero-order chi connectivity index (χ0) is 15.4. The third kappa shape index (κ3) is 3.25. The van der Waals surface area contributed by atoms with Gasteiger partial charge >= 0.3 is 0 Å². The fraction of sp³-hybridized carbons (Fsp3) is 0.176. The van der Waals surface area contributed by atoms with Crippen LogP contribution >= 0.6 is 0 Å². The smallest absolute Gasteiger partial charge is 0.251 e. The second kappa shape index (κ2) is 6.30. The quantitative estimate of drug-likeness (QED) is 0.633. The van der Waals surface area contributed by atoms with E-state index in [1.54, 1.807) is 30.6 Å². The fourth-order valence-electron chi connectivity index (χ4n) is 2.39. The Morgan fingerprint density at radius 2 is 2.14 bits per heavy atom. The number of amides is 1. The lowest BCUT2D eigenvalue weighted by molar-refractivity contribution is 0.0953. The minimum Gasteiger partial charge on any atom is -0.508 e. The number of hydrogen-bond donors (Lipinski definition) is 3. The van der Waals surface area contributed by atoms with E-state index in [1.807, 2.05) is 18.2 Å². The Balaban J connectivity index is 1.51. The number of hydrogen-bond acceptors (Lipinski definition) is 3. The number of aromatic hydroxyl groups is 1. The molecule has 0 saturated heterocycles. The highest BCUT2D eigenvalue weighted by molar-refractivity contribution is 5.97. The van der Waals surface area contributed by atoms with Gasteiger partial charge in [0, 0.05) is 12.1 Å². The Morgan fingerprint density at radius 1 is 1.23 bits per heavy atom. The molecule has 0 spiro atoms. The van der Waals surface area contributed by atoms with Gasteiger partial charge in [-0.05, 0) is 48.7 Å². The first-order chi connectivity index (χ1) is 10.7. The number of benzene rings is 2. The number of aromatic amines is 1. The summed E-state index contributed by atoms with van der Waals surface area (Å²) in [5.74, 6) is 0.182. The molecule has 5 heteroatoms. The molecule has 0 fully saturated rings. The number of phenols is 1. The summed E-state index contributed by atoms with van der Waals surface area (Å²) in [7, 11) is 0. The van der Waals surface area contributed by atoms with Gasteiger partial charge in [-0.25, -0.2) is 4.98 Å². The zero-order valence-electron chi connectivity index (χ0n) is 12.0. The van der Waals surface area contributed by atoms with Gasteiger partial charge in [0.25, 0.3) is 5.91 Å². The van der Waals surface area contributed by atoms with Gasteiger partial charge in [0.2, 0.25) is 0 Å². The highest BCUT2D eigenvalue weighted by Crippen LogP contribution is 2.13. The van der Waals surface area contributed by atoms with Crippen molar-refractivity contribution < 1.29 is 9.90 Å². The van der Waals surface area contributed by atoms with E-state index >= 15 is 0 Å². The van der Waals surface area contributed by atoms with Crippen molar-refractivity contribution in [3.05, 3.63) is 59.9 Å². The summed E-state index contributed by atoms with van der Waals surface area (Å²) in [5.41, 5.74) is 3.38. The highest BCUT2D eigenvalue weighted by atomic mass is 16.3. The van der Waals surface area contributed by atoms with Crippen molar-refractivity contribution in [1.82, 2.24) is 15.3 Å². The summed E-state index contributed by atoms with van der Waals surface area (Å²) >= 11 is 0. The molecule has 0 radical (unpaired) electrons. The number of nitrogens with zero attached hydrogens (tertiary/aromatic N) is 1. The Morgan fingerprint density at radius 3 is 3.00 bits per heavy atom. The van der Waals surface area contributed by atoms with Crippen molar-refractivity contribution >= 4 is 16.9 Å². The molecule has 2 aromatic carbocycles. The molecule has 0 saturated carbocycles. The lowest BCUT2D eigenvalue weighted by Gasteiger charge is -2.06. The largest absolute Gasteiger partial charge is 0.508 e. The molecule has 0 unspecified atom stereocenters. The zero-order valence-corrected chi connectivity index (χ0v) is 12.0. The molecule has 1 aromatic heterocycles. The molecule has 112 valence electrons. The van der Waals surface area contributed by atoms with Crippen LogP contribution in [0.3, 0.4) is 0 Å². The third-order valence-corrected chi connectivity index (χ3v) is 3.52. The van der Waals surface area contributed by atoms with Crippen LogP contribution in [0.15, 0.2) is 48.8 Å². The first-order valence-corrected chi connectivity index (χ1v) is 7.21. The van der Waals surface area contributed by atoms with Gasteiger partial charge in [-0.3, -0.25) is 4.79 Å². The number of carbonyl (C=O) groups is 1. The number of aromatic nitrogens is 2. The minimum absolute atomic E-state index is 0.0904. The molecule has 0 aliphatic carbocycles. The number of rotatable bonds is 5. The SMILES string of the molecule is O=C(NCCCc1cccc(O)c1)c1ccc2nc[nH]c2c1. The second-order valence-corrected chi connectivity index (χ2v) is 5.16. The van der Waals surface area contributed by atoms with Crippen LogP contribution in [0, 0.1) is 0 Å². The van der Waals surface area contributed by atoms with Crippen LogP contribution in [0.4, 0.5) is 0 Å². The maximum Gasteiger partial charge on any atom is 0.251 e. The van der Waals surface area contributed by atoms with Crippen molar-refractivity contribution in [2.45, 2.75) is 12.8 Å². The topological polar surface area (TPSA) is 78.0 Å². The van der Waals surface area contributed by atoms with Gasteiger partial charge < -0.3 is 15.4 Å². The van der Waals surface area contributed by atoms with Gasteiger partial charge in [0.05, 0.1) is 17.4 Å². The average Bonchev–Trinajstić information content (AvgIpc) is 2.99. The van der Waals surface area contributed by atoms with Crippen molar-refractivity contribution in [2.24, 2.45) is 0 Å². The normalized spacial score (nSPS) is 10.7. The summed E-state index contributed by atoms with van der Waals surface area (Å²) in [5, 5.41) is 12.3. The van der Waals surface area contributed by atoms with Gasteiger partial charge in [-0.15, -0.1) is 0 Å². The first kappa shape index (κ1) is 14.1. The molecule has 0 aliphatic heterocycles. The van der Waals surface area contributed by atoms with Gasteiger partial charge in [0.1, 0.15) is 5.75 Å². The van der Waals surface area contributed by atoms with Crippen LogP contribution in [0.25, 0.3) is 11.0 Å². The Hall–Kier alpha value is -2.82. The monoisotopic (exact) mass is 295 g/mol. The van der Waals surface area contributed by atoms with E-state index in [9.17, 15) is 9.90 Å². The van der Waals surface area contributed by atoms with Crippen molar-refractivity contribution in [3.8, 4) is 5.75 Å². The third-order valence-electron chi connectivity index (χ3n) is 3.52. The maximum atomic E-state index is 12.1.